The van der Waals surface area contributed by atoms with Gasteiger partial charge in [0.2, 0.25) is 0 Å². The number of para-hydroxylation sites is 1. The molecule has 1 heterocycles. The van der Waals surface area contributed by atoms with Crippen molar-refractivity contribution in [3.63, 3.8) is 0 Å². The molecule has 1 aliphatic heterocycles. The molecule has 1 aliphatic rings. The van der Waals surface area contributed by atoms with E-state index in [-0.39, 0.29) is 6.10 Å². The van der Waals surface area contributed by atoms with Crippen LogP contribution >= 0.6 is 0 Å². The molecule has 0 aliphatic carbocycles. The van der Waals surface area contributed by atoms with Gasteiger partial charge in [0.05, 0.1) is 39.6 Å². The summed E-state index contributed by atoms with van der Waals surface area (Å²) >= 11 is 0. The number of ether oxygens (including phenoxy) is 4. The number of methoxy groups -OCH3 is 1. The highest BCUT2D eigenvalue weighted by Gasteiger charge is 2.27. The zero-order valence-electron chi connectivity index (χ0n) is 22.1. The second kappa shape index (κ2) is 13.4. The fourth-order valence-corrected chi connectivity index (χ4v) is 5.08. The van der Waals surface area contributed by atoms with Gasteiger partial charge in [0.25, 0.3) is 0 Å². The van der Waals surface area contributed by atoms with Crippen molar-refractivity contribution in [2.75, 3.05) is 33.4 Å². The molecular formula is C33H37NO4. The molecule has 1 N–H and O–H groups in total. The molecule has 0 bridgehead atoms. The summed E-state index contributed by atoms with van der Waals surface area (Å²) in [5.41, 5.74) is 3.58. The first kappa shape index (κ1) is 26.2. The Hall–Kier alpha value is -3.38. The average molecular weight is 512 g/mol. The van der Waals surface area contributed by atoms with Crippen LogP contribution < -0.4 is 14.8 Å². The molecule has 198 valence electrons. The molecule has 0 unspecified atom stereocenters. The van der Waals surface area contributed by atoms with Crippen LogP contribution in [0.3, 0.4) is 0 Å². The SMILES string of the molecule is COc1ccccc1COCCCOc1ccc([C@@H]2CCNC[C@H]2OCc2ccc3ccccc3c2)cc1. The van der Waals surface area contributed by atoms with Crippen LogP contribution in [0.25, 0.3) is 10.8 Å². The van der Waals surface area contributed by atoms with Crippen LogP contribution in [0.1, 0.15) is 35.4 Å². The molecule has 4 aromatic carbocycles. The minimum Gasteiger partial charge on any atom is -0.496 e. The molecule has 0 saturated carbocycles. The van der Waals surface area contributed by atoms with E-state index >= 15 is 0 Å². The number of rotatable bonds is 12. The Morgan fingerprint density at radius 3 is 2.50 bits per heavy atom. The summed E-state index contributed by atoms with van der Waals surface area (Å²) in [5.74, 6) is 2.12. The number of hydrogen-bond donors (Lipinski definition) is 1. The molecule has 0 spiro atoms. The lowest BCUT2D eigenvalue weighted by Gasteiger charge is -2.32. The van der Waals surface area contributed by atoms with Crippen molar-refractivity contribution in [3.05, 3.63) is 108 Å². The van der Waals surface area contributed by atoms with Crippen molar-refractivity contribution < 1.29 is 18.9 Å². The van der Waals surface area contributed by atoms with E-state index in [2.05, 4.69) is 72.0 Å². The van der Waals surface area contributed by atoms with Crippen molar-refractivity contribution in [1.29, 1.82) is 0 Å². The van der Waals surface area contributed by atoms with Crippen LogP contribution in [-0.4, -0.2) is 39.5 Å². The number of hydrogen-bond acceptors (Lipinski definition) is 5. The molecule has 5 rings (SSSR count). The highest BCUT2D eigenvalue weighted by Crippen LogP contribution is 2.30. The second-order valence-corrected chi connectivity index (χ2v) is 9.77. The Bertz CT molecular complexity index is 1290. The Morgan fingerprint density at radius 2 is 1.63 bits per heavy atom. The van der Waals surface area contributed by atoms with E-state index < -0.39 is 0 Å². The third-order valence-corrected chi connectivity index (χ3v) is 7.16. The summed E-state index contributed by atoms with van der Waals surface area (Å²) in [5, 5.41) is 6.02. The standard InChI is InChI=1S/C33H37NO4/c1-35-32-10-5-4-9-29(32)24-36-19-6-20-37-30-15-13-27(14-16-30)31-17-18-34-22-33(31)38-23-25-11-12-26-7-2-3-8-28(26)21-25/h2-5,7-16,21,31,33-34H,6,17-20,22-24H2,1H3/t31-,33+/m0/s1. The molecule has 0 amide bonds. The molecule has 2 atom stereocenters. The average Bonchev–Trinajstić information content (AvgIpc) is 2.98. The second-order valence-electron chi connectivity index (χ2n) is 9.77. The molecule has 0 radical (unpaired) electrons. The predicted molar refractivity (Wildman–Crippen MR) is 152 cm³/mol. The van der Waals surface area contributed by atoms with Crippen LogP contribution in [0, 0.1) is 0 Å². The third-order valence-electron chi connectivity index (χ3n) is 7.16. The fraction of sp³-hybridized carbons (Fsp3) is 0.333. The number of piperidine rings is 1. The van der Waals surface area contributed by atoms with Gasteiger partial charge in [0, 0.05) is 24.4 Å². The number of benzene rings is 4. The summed E-state index contributed by atoms with van der Waals surface area (Å²) in [6.45, 7) is 4.30. The highest BCUT2D eigenvalue weighted by molar-refractivity contribution is 5.82. The minimum atomic E-state index is 0.141. The van der Waals surface area contributed by atoms with Gasteiger partial charge in [-0.25, -0.2) is 0 Å². The van der Waals surface area contributed by atoms with Crippen LogP contribution in [0.5, 0.6) is 11.5 Å². The van der Waals surface area contributed by atoms with E-state index in [1.54, 1.807) is 7.11 Å². The van der Waals surface area contributed by atoms with Gasteiger partial charge in [0.15, 0.2) is 0 Å². The van der Waals surface area contributed by atoms with Crippen molar-refractivity contribution in [3.8, 4) is 11.5 Å². The molecule has 5 heteroatoms. The van der Waals surface area contributed by atoms with E-state index in [1.807, 2.05) is 24.3 Å². The van der Waals surface area contributed by atoms with Gasteiger partial charge in [-0.05, 0) is 59.1 Å². The van der Waals surface area contributed by atoms with Crippen molar-refractivity contribution in [2.45, 2.75) is 38.1 Å². The number of nitrogens with one attached hydrogen (secondary N) is 1. The zero-order chi connectivity index (χ0) is 26.0. The maximum atomic E-state index is 6.45. The van der Waals surface area contributed by atoms with E-state index in [1.165, 1.54) is 21.9 Å². The molecular weight excluding hydrogens is 474 g/mol. The molecule has 38 heavy (non-hydrogen) atoms. The predicted octanol–water partition coefficient (Wildman–Crippen LogP) is 6.50. The summed E-state index contributed by atoms with van der Waals surface area (Å²) in [4.78, 5) is 0. The summed E-state index contributed by atoms with van der Waals surface area (Å²) in [6.07, 6.45) is 2.03. The largest absolute Gasteiger partial charge is 0.496 e. The Kier molecular flexibility index (Phi) is 9.27. The first-order valence-electron chi connectivity index (χ1n) is 13.5. The van der Waals surface area contributed by atoms with Gasteiger partial charge < -0.3 is 24.3 Å². The van der Waals surface area contributed by atoms with Gasteiger partial charge in [-0.3, -0.25) is 0 Å². The first-order chi connectivity index (χ1) is 18.8. The molecule has 5 nitrogen and oxygen atoms in total. The van der Waals surface area contributed by atoms with Crippen molar-refractivity contribution in [1.82, 2.24) is 5.32 Å². The lowest BCUT2D eigenvalue weighted by Crippen LogP contribution is -2.40. The van der Waals surface area contributed by atoms with Gasteiger partial charge in [-0.15, -0.1) is 0 Å². The maximum Gasteiger partial charge on any atom is 0.124 e. The van der Waals surface area contributed by atoms with E-state index in [9.17, 15) is 0 Å². The third kappa shape index (κ3) is 6.93. The maximum absolute atomic E-state index is 6.45. The topological polar surface area (TPSA) is 49.0 Å². The molecule has 0 aromatic heterocycles. The smallest absolute Gasteiger partial charge is 0.124 e. The van der Waals surface area contributed by atoms with Crippen molar-refractivity contribution in [2.24, 2.45) is 0 Å². The Morgan fingerprint density at radius 1 is 0.816 bits per heavy atom. The lowest BCUT2D eigenvalue weighted by molar-refractivity contribution is 0.0106. The van der Waals surface area contributed by atoms with E-state index in [4.69, 9.17) is 18.9 Å². The molecule has 1 fully saturated rings. The summed E-state index contributed by atoms with van der Waals surface area (Å²) in [6, 6.07) is 31.5. The Labute approximate surface area is 225 Å². The normalized spacial score (nSPS) is 17.4. The molecule has 1 saturated heterocycles. The van der Waals surface area contributed by atoms with Gasteiger partial charge in [0.1, 0.15) is 11.5 Å². The van der Waals surface area contributed by atoms with Gasteiger partial charge in [-0.1, -0.05) is 66.7 Å². The zero-order valence-corrected chi connectivity index (χ0v) is 22.1. The highest BCUT2D eigenvalue weighted by atomic mass is 16.5. The van der Waals surface area contributed by atoms with Crippen LogP contribution in [0.2, 0.25) is 0 Å². The van der Waals surface area contributed by atoms with E-state index in [0.717, 1.165) is 43.0 Å². The number of fused-ring (bicyclic) bond motifs is 1. The summed E-state index contributed by atoms with van der Waals surface area (Å²) < 4.78 is 23.6. The van der Waals surface area contributed by atoms with Gasteiger partial charge in [-0.2, -0.15) is 0 Å². The van der Waals surface area contributed by atoms with Crippen LogP contribution in [-0.2, 0) is 22.7 Å². The lowest BCUT2D eigenvalue weighted by atomic mass is 9.87. The van der Waals surface area contributed by atoms with Crippen LogP contribution in [0.15, 0.2) is 91.0 Å². The van der Waals surface area contributed by atoms with Gasteiger partial charge >= 0.3 is 0 Å². The molecule has 4 aromatic rings. The van der Waals surface area contributed by atoms with Crippen molar-refractivity contribution >= 4 is 10.8 Å². The van der Waals surface area contributed by atoms with Crippen LogP contribution in [0.4, 0.5) is 0 Å². The summed E-state index contributed by atoms with van der Waals surface area (Å²) in [7, 11) is 1.68. The quantitative estimate of drug-likeness (QED) is 0.220. The minimum absolute atomic E-state index is 0.141. The monoisotopic (exact) mass is 511 g/mol. The first-order valence-corrected chi connectivity index (χ1v) is 13.5. The Balaban J connectivity index is 1.08. The fourth-order valence-electron chi connectivity index (χ4n) is 5.08. The van der Waals surface area contributed by atoms with E-state index in [0.29, 0.717) is 32.3 Å².